The first kappa shape index (κ1) is 17.4. The molecular weight excluding hydrogens is 345 g/mol. The van der Waals surface area contributed by atoms with Gasteiger partial charge in [-0.05, 0) is 23.6 Å². The summed E-state index contributed by atoms with van der Waals surface area (Å²) in [4.78, 5) is 20.5. The van der Waals surface area contributed by atoms with E-state index in [1.807, 2.05) is 10.8 Å². The Morgan fingerprint density at radius 2 is 2.16 bits per heavy atom. The van der Waals surface area contributed by atoms with Crippen molar-refractivity contribution in [3.63, 3.8) is 0 Å². The second-order valence-electron chi connectivity index (χ2n) is 6.14. The van der Waals surface area contributed by atoms with Crippen LogP contribution in [0.4, 0.5) is 4.39 Å². The molecule has 0 aliphatic carbocycles. The molecule has 1 aromatic carbocycles. The molecule has 25 heavy (non-hydrogen) atoms. The van der Waals surface area contributed by atoms with Crippen molar-refractivity contribution in [2.24, 2.45) is 5.92 Å². The molecule has 0 atom stereocenters. The van der Waals surface area contributed by atoms with Gasteiger partial charge in [-0.25, -0.2) is 19.2 Å². The summed E-state index contributed by atoms with van der Waals surface area (Å²) in [5.41, 5.74) is 2.66. The number of esters is 1. The van der Waals surface area contributed by atoms with Crippen LogP contribution in [-0.4, -0.2) is 27.6 Å². The minimum atomic E-state index is -0.550. The topological polar surface area (TPSA) is 57.0 Å². The van der Waals surface area contributed by atoms with Gasteiger partial charge in [0.2, 0.25) is 0 Å². The number of halogens is 2. The molecule has 0 unspecified atom stereocenters. The zero-order valence-electron chi connectivity index (χ0n) is 14.1. The molecule has 0 fully saturated rings. The number of carbonyl (C=O) groups is 1. The van der Waals surface area contributed by atoms with E-state index >= 15 is 0 Å². The van der Waals surface area contributed by atoms with Crippen molar-refractivity contribution in [1.29, 1.82) is 0 Å². The van der Waals surface area contributed by atoms with E-state index in [9.17, 15) is 9.18 Å². The lowest BCUT2D eigenvalue weighted by Gasteiger charge is -2.07. The molecular formula is C18H17ClFN3O2. The molecule has 0 radical (unpaired) electrons. The molecule has 130 valence electrons. The zero-order valence-corrected chi connectivity index (χ0v) is 14.8. The number of aromatic nitrogens is 3. The molecule has 2 aromatic heterocycles. The molecule has 0 amide bonds. The van der Waals surface area contributed by atoms with E-state index in [0.717, 1.165) is 5.56 Å². The van der Waals surface area contributed by atoms with Gasteiger partial charge in [0, 0.05) is 18.3 Å². The van der Waals surface area contributed by atoms with Crippen molar-refractivity contribution in [3.05, 3.63) is 47.1 Å². The van der Waals surface area contributed by atoms with Crippen LogP contribution in [0.15, 0.2) is 30.6 Å². The van der Waals surface area contributed by atoms with Crippen LogP contribution >= 0.6 is 11.6 Å². The number of fused-ring (bicyclic) bond motifs is 1. The van der Waals surface area contributed by atoms with Gasteiger partial charge in [0.1, 0.15) is 11.3 Å². The third-order valence-electron chi connectivity index (χ3n) is 3.75. The number of nitrogens with zero attached hydrogens (tertiary/aromatic N) is 3. The van der Waals surface area contributed by atoms with E-state index < -0.39 is 11.8 Å². The van der Waals surface area contributed by atoms with Gasteiger partial charge < -0.3 is 9.30 Å². The van der Waals surface area contributed by atoms with E-state index in [4.69, 9.17) is 16.3 Å². The van der Waals surface area contributed by atoms with Gasteiger partial charge in [0.05, 0.1) is 18.3 Å². The maximum Gasteiger partial charge on any atom is 0.358 e. The lowest BCUT2D eigenvalue weighted by atomic mass is 10.1. The minimum absolute atomic E-state index is 0.0636. The smallest absolute Gasteiger partial charge is 0.358 e. The van der Waals surface area contributed by atoms with Crippen molar-refractivity contribution in [2.75, 3.05) is 7.11 Å². The van der Waals surface area contributed by atoms with Crippen LogP contribution in [-0.2, 0) is 11.3 Å². The summed E-state index contributed by atoms with van der Waals surface area (Å²) < 4.78 is 20.5. The van der Waals surface area contributed by atoms with Gasteiger partial charge in [-0.2, -0.15) is 0 Å². The highest BCUT2D eigenvalue weighted by Crippen LogP contribution is 2.31. The molecule has 0 bridgehead atoms. The summed E-state index contributed by atoms with van der Waals surface area (Å²) >= 11 is 5.77. The first-order valence-electron chi connectivity index (χ1n) is 7.80. The predicted octanol–water partition coefficient (Wildman–Crippen LogP) is 4.33. The molecule has 3 rings (SSSR count). The van der Waals surface area contributed by atoms with E-state index in [2.05, 4.69) is 23.8 Å². The van der Waals surface area contributed by atoms with Crippen LogP contribution in [0.5, 0.6) is 0 Å². The Hall–Kier alpha value is -2.47. The molecule has 0 N–H and O–H groups in total. The molecule has 3 aromatic rings. The summed E-state index contributed by atoms with van der Waals surface area (Å²) in [6.45, 7) is 4.84. The number of ether oxygens (including phenoxy) is 1. The van der Waals surface area contributed by atoms with Crippen molar-refractivity contribution < 1.29 is 13.9 Å². The number of carbonyl (C=O) groups excluding carboxylic acids is 1. The second-order valence-corrected chi connectivity index (χ2v) is 6.54. The Labute approximate surface area is 149 Å². The highest BCUT2D eigenvalue weighted by Gasteiger charge is 2.18. The Morgan fingerprint density at radius 3 is 2.80 bits per heavy atom. The Balaban J connectivity index is 2.21. The third kappa shape index (κ3) is 3.35. The fourth-order valence-electron chi connectivity index (χ4n) is 2.66. The summed E-state index contributed by atoms with van der Waals surface area (Å²) in [5, 5.41) is 0.0636. The van der Waals surface area contributed by atoms with E-state index in [-0.39, 0.29) is 10.7 Å². The number of hydrogen-bond acceptors (Lipinski definition) is 4. The van der Waals surface area contributed by atoms with Crippen LogP contribution in [0.2, 0.25) is 5.02 Å². The van der Waals surface area contributed by atoms with Crippen molar-refractivity contribution >= 4 is 28.7 Å². The zero-order chi connectivity index (χ0) is 18.1. The van der Waals surface area contributed by atoms with Gasteiger partial charge in [0.25, 0.3) is 0 Å². The van der Waals surface area contributed by atoms with Gasteiger partial charge in [-0.3, -0.25) is 0 Å². The van der Waals surface area contributed by atoms with E-state index in [0.29, 0.717) is 29.2 Å². The lowest BCUT2D eigenvalue weighted by Crippen LogP contribution is -2.08. The van der Waals surface area contributed by atoms with Crippen LogP contribution < -0.4 is 0 Å². The van der Waals surface area contributed by atoms with Crippen molar-refractivity contribution in [3.8, 4) is 11.1 Å². The lowest BCUT2D eigenvalue weighted by molar-refractivity contribution is 0.0594. The molecule has 7 heteroatoms. The average molecular weight is 362 g/mol. The number of rotatable bonds is 4. The number of methoxy groups -OCH3 is 1. The van der Waals surface area contributed by atoms with Gasteiger partial charge in [-0.1, -0.05) is 31.5 Å². The summed E-state index contributed by atoms with van der Waals surface area (Å²) in [6.07, 6.45) is 3.23. The SMILES string of the molecule is COC(=O)c1cnc2c(-c3ccc(Cl)c(F)c3)cn(CC(C)C)c2n1. The van der Waals surface area contributed by atoms with Gasteiger partial charge in [-0.15, -0.1) is 0 Å². The van der Waals surface area contributed by atoms with Gasteiger partial charge in [0.15, 0.2) is 11.3 Å². The maximum atomic E-state index is 13.9. The molecule has 2 heterocycles. The molecule has 0 spiro atoms. The van der Waals surface area contributed by atoms with Crippen molar-refractivity contribution in [2.45, 2.75) is 20.4 Å². The Bertz CT molecular complexity index is 953. The molecule has 0 saturated heterocycles. The number of benzene rings is 1. The van der Waals surface area contributed by atoms with Crippen LogP contribution in [0.25, 0.3) is 22.3 Å². The van der Waals surface area contributed by atoms with Crippen LogP contribution in [0.1, 0.15) is 24.3 Å². The molecule has 5 nitrogen and oxygen atoms in total. The quantitative estimate of drug-likeness (QED) is 0.649. The third-order valence-corrected chi connectivity index (χ3v) is 4.06. The minimum Gasteiger partial charge on any atom is -0.464 e. The van der Waals surface area contributed by atoms with E-state index in [1.165, 1.54) is 25.4 Å². The van der Waals surface area contributed by atoms with Gasteiger partial charge >= 0.3 is 5.97 Å². The highest BCUT2D eigenvalue weighted by atomic mass is 35.5. The maximum absolute atomic E-state index is 13.9. The fraction of sp³-hybridized carbons (Fsp3) is 0.278. The standard InChI is InChI=1S/C18H17ClFN3O2/c1-10(2)8-23-9-12(11-4-5-13(19)14(20)6-11)16-17(23)22-15(7-21-16)18(24)25-3/h4-7,9-10H,8H2,1-3H3. The normalized spacial score (nSPS) is 11.3. The first-order chi connectivity index (χ1) is 11.9. The highest BCUT2D eigenvalue weighted by molar-refractivity contribution is 6.30. The summed E-state index contributed by atoms with van der Waals surface area (Å²) in [6, 6.07) is 4.61. The number of hydrogen-bond donors (Lipinski definition) is 0. The fourth-order valence-corrected chi connectivity index (χ4v) is 2.78. The van der Waals surface area contributed by atoms with E-state index in [1.54, 1.807) is 6.07 Å². The Morgan fingerprint density at radius 1 is 1.40 bits per heavy atom. The molecule has 0 aliphatic heterocycles. The second kappa shape index (κ2) is 6.80. The first-order valence-corrected chi connectivity index (χ1v) is 8.18. The molecule has 0 saturated carbocycles. The molecule has 0 aliphatic rings. The largest absolute Gasteiger partial charge is 0.464 e. The average Bonchev–Trinajstić information content (AvgIpc) is 2.94. The Kier molecular flexibility index (Phi) is 4.72. The summed E-state index contributed by atoms with van der Waals surface area (Å²) in [5.74, 6) is -0.692. The van der Waals surface area contributed by atoms with Crippen molar-refractivity contribution in [1.82, 2.24) is 14.5 Å². The van der Waals surface area contributed by atoms with Crippen LogP contribution in [0, 0.1) is 11.7 Å². The summed E-state index contributed by atoms with van der Waals surface area (Å²) in [7, 11) is 1.29. The predicted molar refractivity (Wildman–Crippen MR) is 94.1 cm³/mol. The van der Waals surface area contributed by atoms with Crippen LogP contribution in [0.3, 0.4) is 0 Å². The monoisotopic (exact) mass is 361 g/mol.